The van der Waals surface area contributed by atoms with Gasteiger partial charge >= 0.3 is 0 Å². The van der Waals surface area contributed by atoms with Gasteiger partial charge in [0.05, 0.1) is 32.1 Å². The van der Waals surface area contributed by atoms with E-state index in [0.717, 1.165) is 61.5 Å². The molecule has 6 rings (SSSR count). The van der Waals surface area contributed by atoms with Crippen LogP contribution in [-0.2, 0) is 30.9 Å². The van der Waals surface area contributed by atoms with Crippen LogP contribution >= 0.6 is 0 Å². The van der Waals surface area contributed by atoms with E-state index in [0.29, 0.717) is 63.0 Å². The molecular weight excluding hydrogens is 650 g/mol. The Hall–Kier alpha value is -2.16. The Balaban J connectivity index is 0.000000797. The highest BCUT2D eigenvalue weighted by molar-refractivity contribution is 5.92. The number of nitrogens with zero attached hydrogens (tertiary/aromatic N) is 1. The molecule has 4 saturated carbocycles. The van der Waals surface area contributed by atoms with Gasteiger partial charge in [-0.05, 0) is 135 Å². The van der Waals surface area contributed by atoms with Crippen LogP contribution in [0.3, 0.4) is 0 Å². The van der Waals surface area contributed by atoms with Crippen molar-refractivity contribution in [2.45, 2.75) is 144 Å². The lowest BCUT2D eigenvalue weighted by Crippen LogP contribution is -2.43. The van der Waals surface area contributed by atoms with Gasteiger partial charge < -0.3 is 30.5 Å². The van der Waals surface area contributed by atoms with E-state index >= 15 is 0 Å². The van der Waals surface area contributed by atoms with Gasteiger partial charge in [-0.3, -0.25) is 4.79 Å². The van der Waals surface area contributed by atoms with Gasteiger partial charge in [0, 0.05) is 24.1 Å². The molecule has 1 amide bonds. The summed E-state index contributed by atoms with van der Waals surface area (Å²) in [5.74, 6) is 5.45. The van der Waals surface area contributed by atoms with Gasteiger partial charge in [0.2, 0.25) is 0 Å². The van der Waals surface area contributed by atoms with E-state index in [-0.39, 0.29) is 23.3 Å². The summed E-state index contributed by atoms with van der Waals surface area (Å²) in [4.78, 5) is 17.9. The van der Waals surface area contributed by atoms with Gasteiger partial charge in [-0.2, -0.15) is 0 Å². The molecule has 5 aliphatic carbocycles. The molecule has 5 aliphatic rings. The second-order valence-electron chi connectivity index (χ2n) is 17.5. The zero-order valence-electron chi connectivity index (χ0n) is 34.2. The van der Waals surface area contributed by atoms with Crippen molar-refractivity contribution >= 4 is 11.6 Å². The summed E-state index contributed by atoms with van der Waals surface area (Å²) in [6.45, 7) is 20.7. The first-order valence-electron chi connectivity index (χ1n) is 21.1. The first-order chi connectivity index (χ1) is 25.0. The summed E-state index contributed by atoms with van der Waals surface area (Å²) in [6.07, 6.45) is 14.4. The molecule has 4 fully saturated rings. The third-order valence-corrected chi connectivity index (χ3v) is 13.2. The number of phenolic OH excluding ortho intramolecular Hbond substituents is 1. The third kappa shape index (κ3) is 10.5. The van der Waals surface area contributed by atoms with Crippen LogP contribution in [0.25, 0.3) is 0 Å². The molecule has 8 nitrogen and oxygen atoms in total. The van der Waals surface area contributed by atoms with Crippen molar-refractivity contribution in [3.63, 3.8) is 0 Å². The SMILES string of the molecule is CC.CC1CC2CC(C1)CC(C)(c1cc3c(cc1O)CCC1C3CC[C@]3(C)/C(=N/OCC(=O)NCCOCCOCCN)CCC13)C2.CCC(C)C. The molecule has 5 unspecified atom stereocenters. The Morgan fingerprint density at radius 1 is 1.00 bits per heavy atom. The number of oxime groups is 1. The minimum atomic E-state index is -0.182. The number of rotatable bonds is 13. The lowest BCUT2D eigenvalue weighted by Gasteiger charge is -2.50. The van der Waals surface area contributed by atoms with Crippen LogP contribution < -0.4 is 11.1 Å². The van der Waals surface area contributed by atoms with Gasteiger partial charge in [0.15, 0.2) is 6.61 Å². The number of aromatic hydroxyl groups is 1. The summed E-state index contributed by atoms with van der Waals surface area (Å²) >= 11 is 0. The summed E-state index contributed by atoms with van der Waals surface area (Å²) < 4.78 is 10.7. The number of fused-ring (bicyclic) bond motifs is 7. The standard InChI is InChI=1S/C37H57N3O5.C5H12.C2H6/c1-24-16-25-18-26(17-24)22-36(2,21-25)32-20-30-27(19-33(32)41)4-5-29-28(30)8-9-37(3)31(29)6-7-34(37)40-45-23-35(42)39-11-13-44-15-14-43-12-10-38;1-4-5(2)3;1-2/h19-20,24-26,28-29,31,41H,4-18,21-23,38H2,1-3H3,(H,39,42);5H,4H2,1-3H3;1-2H3/b40-34+;;/t24?,25?,26?,28?,29?,31?,36?,37-;;/m0../s1. The van der Waals surface area contributed by atoms with Gasteiger partial charge in [-0.25, -0.2) is 0 Å². The van der Waals surface area contributed by atoms with Crippen LogP contribution in [0, 0.1) is 40.9 Å². The smallest absolute Gasteiger partial charge is 0.260 e. The predicted octanol–water partition coefficient (Wildman–Crippen LogP) is 8.91. The van der Waals surface area contributed by atoms with E-state index in [2.05, 4.69) is 64.1 Å². The molecule has 0 spiro atoms. The number of ether oxygens (including phenoxy) is 2. The molecule has 0 heterocycles. The minimum Gasteiger partial charge on any atom is -0.508 e. The molecule has 1 aromatic carbocycles. The predicted molar refractivity (Wildman–Crippen MR) is 213 cm³/mol. The Morgan fingerprint density at radius 3 is 2.33 bits per heavy atom. The molecule has 52 heavy (non-hydrogen) atoms. The highest BCUT2D eigenvalue weighted by Gasteiger charge is 2.54. The quantitative estimate of drug-likeness (QED) is 0.138. The molecule has 0 radical (unpaired) electrons. The number of carbonyl (C=O) groups is 1. The van der Waals surface area contributed by atoms with Crippen LogP contribution in [0.4, 0.5) is 0 Å². The normalized spacial score (nSPS) is 32.4. The fraction of sp³-hybridized carbons (Fsp3) is 0.818. The number of nitrogens with two attached hydrogens (primary N) is 1. The van der Waals surface area contributed by atoms with Gasteiger partial charge in [-0.1, -0.05) is 73.0 Å². The summed E-state index contributed by atoms with van der Waals surface area (Å²) in [5, 5.41) is 18.8. The maximum absolute atomic E-state index is 12.3. The Bertz CT molecular complexity index is 1280. The van der Waals surface area contributed by atoms with Crippen LogP contribution in [0.5, 0.6) is 5.75 Å². The number of hydrogen-bond acceptors (Lipinski definition) is 7. The van der Waals surface area contributed by atoms with Crippen molar-refractivity contribution in [1.82, 2.24) is 5.32 Å². The van der Waals surface area contributed by atoms with Gasteiger partial charge in [0.1, 0.15) is 5.75 Å². The van der Waals surface area contributed by atoms with Crippen LogP contribution in [0.2, 0.25) is 0 Å². The topological polar surface area (TPSA) is 115 Å². The van der Waals surface area contributed by atoms with E-state index in [1.54, 1.807) is 0 Å². The minimum absolute atomic E-state index is 0.0260. The Labute approximate surface area is 316 Å². The second-order valence-corrected chi connectivity index (χ2v) is 17.5. The van der Waals surface area contributed by atoms with Crippen molar-refractivity contribution in [2.24, 2.45) is 51.8 Å². The van der Waals surface area contributed by atoms with Crippen LogP contribution in [0.15, 0.2) is 17.3 Å². The number of aryl methyl sites for hydroxylation is 1. The molecule has 2 bridgehead atoms. The molecule has 296 valence electrons. The average Bonchev–Trinajstić information content (AvgIpc) is 3.45. The molecular formula is C44H75N3O5. The zero-order chi connectivity index (χ0) is 37.9. The van der Waals surface area contributed by atoms with Gasteiger partial charge in [-0.15, -0.1) is 0 Å². The van der Waals surface area contributed by atoms with Crippen molar-refractivity contribution < 1.29 is 24.2 Å². The van der Waals surface area contributed by atoms with Crippen LogP contribution in [-0.4, -0.2) is 62.8 Å². The fourth-order valence-electron chi connectivity index (χ4n) is 10.7. The first-order valence-corrected chi connectivity index (χ1v) is 21.1. The number of phenols is 1. The lowest BCUT2D eigenvalue weighted by atomic mass is 9.54. The highest BCUT2D eigenvalue weighted by atomic mass is 16.6. The van der Waals surface area contributed by atoms with E-state index in [9.17, 15) is 9.90 Å². The molecule has 0 saturated heterocycles. The van der Waals surface area contributed by atoms with Crippen LogP contribution in [0.1, 0.15) is 149 Å². The first kappa shape index (κ1) is 42.6. The number of nitrogens with one attached hydrogen (secondary N) is 1. The molecule has 6 atom stereocenters. The maximum atomic E-state index is 12.3. The second kappa shape index (κ2) is 20.0. The van der Waals surface area contributed by atoms with E-state index in [1.165, 1.54) is 61.6 Å². The van der Waals surface area contributed by atoms with E-state index in [4.69, 9.17) is 20.0 Å². The Morgan fingerprint density at radius 2 is 1.67 bits per heavy atom. The largest absolute Gasteiger partial charge is 0.508 e. The van der Waals surface area contributed by atoms with Crippen molar-refractivity contribution in [2.75, 3.05) is 46.1 Å². The molecule has 0 aliphatic heterocycles. The lowest BCUT2D eigenvalue weighted by molar-refractivity contribution is -0.125. The average molecular weight is 726 g/mol. The van der Waals surface area contributed by atoms with Gasteiger partial charge in [0.25, 0.3) is 5.91 Å². The highest BCUT2D eigenvalue weighted by Crippen LogP contribution is 2.61. The Kier molecular flexibility index (Phi) is 16.3. The van der Waals surface area contributed by atoms with Crippen molar-refractivity contribution in [3.8, 4) is 5.75 Å². The number of carbonyl (C=O) groups excluding carboxylic acids is 1. The maximum Gasteiger partial charge on any atom is 0.260 e. The molecule has 4 N–H and O–H groups in total. The van der Waals surface area contributed by atoms with Crippen molar-refractivity contribution in [3.05, 3.63) is 28.8 Å². The zero-order valence-corrected chi connectivity index (χ0v) is 34.2. The summed E-state index contributed by atoms with van der Waals surface area (Å²) in [5.41, 5.74) is 10.8. The third-order valence-electron chi connectivity index (χ3n) is 13.2. The molecule has 0 aromatic heterocycles. The number of amides is 1. The molecule has 8 heteroatoms. The summed E-state index contributed by atoms with van der Waals surface area (Å²) in [6, 6.07) is 4.62. The van der Waals surface area contributed by atoms with E-state index < -0.39 is 0 Å². The fourth-order valence-corrected chi connectivity index (χ4v) is 10.7. The van der Waals surface area contributed by atoms with E-state index in [1.807, 2.05) is 13.8 Å². The summed E-state index contributed by atoms with van der Waals surface area (Å²) in [7, 11) is 0. The number of benzene rings is 1. The molecule has 1 aromatic rings. The van der Waals surface area contributed by atoms with Crippen molar-refractivity contribution in [1.29, 1.82) is 0 Å². The number of hydrogen-bond donors (Lipinski definition) is 3. The monoisotopic (exact) mass is 726 g/mol.